The first-order valence-electron chi connectivity index (χ1n) is 7.68. The predicted molar refractivity (Wildman–Crippen MR) is 90.6 cm³/mol. The maximum absolute atomic E-state index is 11.5. The minimum atomic E-state index is 0.146. The Morgan fingerprint density at radius 1 is 1.32 bits per heavy atom. The molecule has 118 valence electrons. The van der Waals surface area contributed by atoms with Gasteiger partial charge in [0.15, 0.2) is 0 Å². The third-order valence-corrected chi connectivity index (χ3v) is 5.87. The molecular weight excluding hydrogens is 296 g/mol. The molecule has 0 aromatic carbocycles. The molecule has 1 aliphatic heterocycles. The smallest absolute Gasteiger partial charge is 0.219 e. The van der Waals surface area contributed by atoms with E-state index in [0.29, 0.717) is 6.04 Å². The van der Waals surface area contributed by atoms with Crippen LogP contribution in [0.5, 0.6) is 0 Å². The Labute approximate surface area is 135 Å². The molecule has 1 fully saturated rings. The number of nitrogens with zero attached hydrogens (tertiary/aromatic N) is 4. The maximum Gasteiger partial charge on any atom is 0.219 e. The molecule has 0 saturated carbocycles. The standard InChI is InChI=1S/C16H22N4OS/c1-10-11(2)22-16-14(10)15(17-9-18-16)20-7-5-13(6-8-20)19(4)12(3)21/h9,13H,5-8H2,1-4H3. The van der Waals surface area contributed by atoms with E-state index in [2.05, 4.69) is 28.7 Å². The van der Waals surface area contributed by atoms with E-state index in [0.717, 1.165) is 36.6 Å². The number of carbonyl (C=O) groups excluding carboxylic acids is 1. The van der Waals surface area contributed by atoms with E-state index in [1.807, 2.05) is 11.9 Å². The van der Waals surface area contributed by atoms with E-state index in [1.54, 1.807) is 24.6 Å². The zero-order chi connectivity index (χ0) is 15.9. The zero-order valence-corrected chi connectivity index (χ0v) is 14.4. The lowest BCUT2D eigenvalue weighted by atomic mass is 10.0. The first kappa shape index (κ1) is 15.2. The van der Waals surface area contributed by atoms with Crippen LogP contribution in [0.2, 0.25) is 0 Å². The summed E-state index contributed by atoms with van der Waals surface area (Å²) in [5, 5.41) is 1.20. The summed E-state index contributed by atoms with van der Waals surface area (Å²) < 4.78 is 0. The van der Waals surface area contributed by atoms with E-state index < -0.39 is 0 Å². The van der Waals surface area contributed by atoms with Crippen molar-refractivity contribution in [3.05, 3.63) is 16.8 Å². The molecule has 2 aromatic heterocycles. The summed E-state index contributed by atoms with van der Waals surface area (Å²) in [4.78, 5) is 27.1. The molecule has 3 rings (SSSR count). The van der Waals surface area contributed by atoms with Crippen molar-refractivity contribution in [2.75, 3.05) is 25.0 Å². The van der Waals surface area contributed by atoms with Crippen LogP contribution in [0.1, 0.15) is 30.2 Å². The number of anilines is 1. The van der Waals surface area contributed by atoms with E-state index in [4.69, 9.17) is 0 Å². The van der Waals surface area contributed by atoms with Crippen LogP contribution in [0.25, 0.3) is 10.2 Å². The molecule has 0 N–H and O–H groups in total. The molecule has 0 aliphatic carbocycles. The lowest BCUT2D eigenvalue weighted by Crippen LogP contribution is -2.45. The predicted octanol–water partition coefficient (Wildman–Crippen LogP) is 2.76. The maximum atomic E-state index is 11.5. The highest BCUT2D eigenvalue weighted by molar-refractivity contribution is 7.18. The van der Waals surface area contributed by atoms with Gasteiger partial charge >= 0.3 is 0 Å². The largest absolute Gasteiger partial charge is 0.356 e. The second-order valence-corrected chi connectivity index (χ2v) is 7.21. The highest BCUT2D eigenvalue weighted by Gasteiger charge is 2.26. The van der Waals surface area contributed by atoms with Crippen molar-refractivity contribution in [2.24, 2.45) is 0 Å². The van der Waals surface area contributed by atoms with Gasteiger partial charge in [0.2, 0.25) is 5.91 Å². The van der Waals surface area contributed by atoms with Crippen LogP contribution < -0.4 is 4.90 Å². The topological polar surface area (TPSA) is 49.3 Å². The quantitative estimate of drug-likeness (QED) is 0.854. The van der Waals surface area contributed by atoms with Crippen LogP contribution in [0, 0.1) is 13.8 Å². The second kappa shape index (κ2) is 5.83. The van der Waals surface area contributed by atoms with Gasteiger partial charge in [0.1, 0.15) is 17.0 Å². The molecule has 22 heavy (non-hydrogen) atoms. The number of piperidine rings is 1. The minimum Gasteiger partial charge on any atom is -0.356 e. The lowest BCUT2D eigenvalue weighted by molar-refractivity contribution is -0.129. The number of rotatable bonds is 2. The molecule has 6 heteroatoms. The number of hydrogen-bond acceptors (Lipinski definition) is 5. The molecule has 1 amide bonds. The average molecular weight is 318 g/mol. The fourth-order valence-corrected chi connectivity index (χ4v) is 4.12. The van der Waals surface area contributed by atoms with Crippen LogP contribution in [0.4, 0.5) is 5.82 Å². The van der Waals surface area contributed by atoms with Crippen molar-refractivity contribution in [3.8, 4) is 0 Å². The molecule has 1 aliphatic rings. The number of hydrogen-bond donors (Lipinski definition) is 0. The number of fused-ring (bicyclic) bond motifs is 1. The first-order chi connectivity index (χ1) is 10.5. The van der Waals surface area contributed by atoms with Crippen molar-refractivity contribution in [1.82, 2.24) is 14.9 Å². The number of carbonyl (C=O) groups is 1. The van der Waals surface area contributed by atoms with Crippen LogP contribution in [0.3, 0.4) is 0 Å². The van der Waals surface area contributed by atoms with Crippen molar-refractivity contribution < 1.29 is 4.79 Å². The number of amides is 1. The summed E-state index contributed by atoms with van der Waals surface area (Å²) in [7, 11) is 1.90. The van der Waals surface area contributed by atoms with Crippen molar-refractivity contribution in [3.63, 3.8) is 0 Å². The van der Waals surface area contributed by atoms with E-state index >= 15 is 0 Å². The summed E-state index contributed by atoms with van der Waals surface area (Å²) in [5.41, 5.74) is 1.29. The van der Waals surface area contributed by atoms with Crippen LogP contribution in [-0.4, -0.2) is 47.0 Å². The van der Waals surface area contributed by atoms with Gasteiger partial charge in [-0.1, -0.05) is 0 Å². The van der Waals surface area contributed by atoms with Gasteiger partial charge in [-0.2, -0.15) is 0 Å². The number of thiophene rings is 1. The lowest BCUT2D eigenvalue weighted by Gasteiger charge is -2.37. The van der Waals surface area contributed by atoms with Gasteiger partial charge in [-0.05, 0) is 32.3 Å². The summed E-state index contributed by atoms with van der Waals surface area (Å²) in [6.07, 6.45) is 3.65. The van der Waals surface area contributed by atoms with Gasteiger partial charge < -0.3 is 9.80 Å². The Bertz CT molecular complexity index is 703. The summed E-state index contributed by atoms with van der Waals surface area (Å²) >= 11 is 1.74. The molecule has 2 aromatic rings. The molecule has 0 unspecified atom stereocenters. The molecule has 1 saturated heterocycles. The molecule has 0 radical (unpaired) electrons. The summed E-state index contributed by atoms with van der Waals surface area (Å²) in [5.74, 6) is 1.20. The van der Waals surface area contributed by atoms with E-state index in [1.165, 1.54) is 15.8 Å². The van der Waals surface area contributed by atoms with Crippen LogP contribution in [-0.2, 0) is 4.79 Å². The second-order valence-electron chi connectivity index (χ2n) is 6.01. The molecule has 5 nitrogen and oxygen atoms in total. The minimum absolute atomic E-state index is 0.146. The first-order valence-corrected chi connectivity index (χ1v) is 8.49. The Morgan fingerprint density at radius 3 is 2.64 bits per heavy atom. The highest BCUT2D eigenvalue weighted by Crippen LogP contribution is 2.35. The Hall–Kier alpha value is -1.69. The van der Waals surface area contributed by atoms with E-state index in [-0.39, 0.29) is 5.91 Å². The zero-order valence-electron chi connectivity index (χ0n) is 13.6. The van der Waals surface area contributed by atoms with Gasteiger partial charge in [-0.25, -0.2) is 9.97 Å². The fourth-order valence-electron chi connectivity index (χ4n) is 3.13. The number of aromatic nitrogens is 2. The van der Waals surface area contributed by atoms with Gasteiger partial charge in [0, 0.05) is 38.0 Å². The fraction of sp³-hybridized carbons (Fsp3) is 0.562. The summed E-state index contributed by atoms with van der Waals surface area (Å²) in [6, 6.07) is 0.344. The highest BCUT2D eigenvalue weighted by atomic mass is 32.1. The van der Waals surface area contributed by atoms with Gasteiger partial charge in [0.05, 0.1) is 5.39 Å². The molecule has 0 atom stereocenters. The third-order valence-electron chi connectivity index (χ3n) is 4.75. The normalized spacial score (nSPS) is 16.3. The van der Waals surface area contributed by atoms with Gasteiger partial charge in [-0.3, -0.25) is 4.79 Å². The Balaban J connectivity index is 1.84. The molecule has 0 bridgehead atoms. The number of aryl methyl sites for hydroxylation is 2. The van der Waals surface area contributed by atoms with Crippen molar-refractivity contribution in [2.45, 2.75) is 39.7 Å². The molecule has 0 spiro atoms. The van der Waals surface area contributed by atoms with Gasteiger partial charge in [-0.15, -0.1) is 11.3 Å². The average Bonchev–Trinajstić information content (AvgIpc) is 2.81. The Morgan fingerprint density at radius 2 is 2.00 bits per heavy atom. The SMILES string of the molecule is CC(=O)N(C)C1CCN(c2ncnc3sc(C)c(C)c23)CC1. The van der Waals surface area contributed by atoms with Crippen LogP contribution >= 0.6 is 11.3 Å². The third kappa shape index (κ3) is 2.56. The Kier molecular flexibility index (Phi) is 4.04. The monoisotopic (exact) mass is 318 g/mol. The molecular formula is C16H22N4OS. The summed E-state index contributed by atoms with van der Waals surface area (Å²) in [6.45, 7) is 7.79. The van der Waals surface area contributed by atoms with Crippen LogP contribution in [0.15, 0.2) is 6.33 Å². The molecule has 3 heterocycles. The van der Waals surface area contributed by atoms with Gasteiger partial charge in [0.25, 0.3) is 0 Å². The van der Waals surface area contributed by atoms with E-state index in [9.17, 15) is 4.79 Å². The van der Waals surface area contributed by atoms with Crippen molar-refractivity contribution >= 4 is 33.3 Å². The van der Waals surface area contributed by atoms with Crippen molar-refractivity contribution in [1.29, 1.82) is 0 Å².